The largest absolute Gasteiger partial charge is 0.490 e. The number of rotatable bonds is 8. The van der Waals surface area contributed by atoms with Gasteiger partial charge in [0, 0.05) is 0 Å². The minimum atomic E-state index is -1.15. The van der Waals surface area contributed by atoms with Crippen molar-refractivity contribution in [2.75, 3.05) is 11.5 Å². The summed E-state index contributed by atoms with van der Waals surface area (Å²) in [5.74, 6) is -1.89. The lowest BCUT2D eigenvalue weighted by Crippen LogP contribution is -2.54. The number of barbiturate groups is 1. The smallest absolute Gasteiger partial charge is 0.335 e. The lowest BCUT2D eigenvalue weighted by molar-refractivity contribution is -0.122. The molecule has 0 unspecified atom stereocenters. The number of amides is 4. The number of aryl methyl sites for hydroxylation is 1. The number of benzene rings is 3. The van der Waals surface area contributed by atoms with Gasteiger partial charge in [-0.1, -0.05) is 35.9 Å². The Hall–Kier alpha value is -4.92. The van der Waals surface area contributed by atoms with E-state index < -0.39 is 23.8 Å². The number of carboxylic acids is 1. The van der Waals surface area contributed by atoms with Gasteiger partial charge >= 0.3 is 12.0 Å². The summed E-state index contributed by atoms with van der Waals surface area (Å²) in [5.41, 5.74) is 2.48. The zero-order valence-electron chi connectivity index (χ0n) is 20.2. The molecule has 1 aliphatic heterocycles. The molecule has 1 fully saturated rings. The normalized spacial score (nSPS) is 14.5. The van der Waals surface area contributed by atoms with Crippen LogP contribution in [0.1, 0.15) is 34.0 Å². The Bertz CT molecular complexity index is 1390. The molecule has 3 aromatic rings. The van der Waals surface area contributed by atoms with Gasteiger partial charge in [0.25, 0.3) is 11.8 Å². The predicted molar refractivity (Wildman–Crippen MR) is 136 cm³/mol. The maximum Gasteiger partial charge on any atom is 0.335 e. The monoisotopic (exact) mass is 500 g/mol. The lowest BCUT2D eigenvalue weighted by Gasteiger charge is -2.26. The van der Waals surface area contributed by atoms with Crippen LogP contribution in [0.15, 0.2) is 72.3 Å². The van der Waals surface area contributed by atoms with Gasteiger partial charge in [-0.2, -0.15) is 0 Å². The van der Waals surface area contributed by atoms with E-state index in [-0.39, 0.29) is 16.8 Å². The maximum atomic E-state index is 13.1. The zero-order valence-corrected chi connectivity index (χ0v) is 20.2. The molecule has 4 rings (SSSR count). The van der Waals surface area contributed by atoms with Crippen LogP contribution in [0.4, 0.5) is 10.5 Å². The molecule has 0 spiro atoms. The van der Waals surface area contributed by atoms with E-state index in [9.17, 15) is 19.2 Å². The summed E-state index contributed by atoms with van der Waals surface area (Å²) in [5, 5.41) is 11.2. The second-order valence-electron chi connectivity index (χ2n) is 8.22. The number of anilines is 1. The first-order valence-corrected chi connectivity index (χ1v) is 11.5. The fraction of sp³-hybridized carbons (Fsp3) is 0.143. The third-order valence-corrected chi connectivity index (χ3v) is 5.57. The number of nitrogens with one attached hydrogen (secondary N) is 1. The number of carbonyl (C=O) groups excluding carboxylic acids is 3. The Morgan fingerprint density at radius 3 is 2.30 bits per heavy atom. The van der Waals surface area contributed by atoms with E-state index >= 15 is 0 Å². The van der Waals surface area contributed by atoms with Gasteiger partial charge in [-0.15, -0.1) is 0 Å². The first-order chi connectivity index (χ1) is 17.8. The zero-order chi connectivity index (χ0) is 26.5. The molecule has 9 nitrogen and oxygen atoms in total. The molecule has 0 bridgehead atoms. The van der Waals surface area contributed by atoms with Crippen molar-refractivity contribution in [3.63, 3.8) is 0 Å². The highest BCUT2D eigenvalue weighted by Gasteiger charge is 2.36. The number of urea groups is 1. The summed E-state index contributed by atoms with van der Waals surface area (Å²) in [4.78, 5) is 50.0. The fourth-order valence-corrected chi connectivity index (χ4v) is 3.66. The predicted octanol–water partition coefficient (Wildman–Crippen LogP) is 4.34. The molecular weight excluding hydrogens is 476 g/mol. The van der Waals surface area contributed by atoms with E-state index in [4.69, 9.17) is 14.6 Å². The van der Waals surface area contributed by atoms with E-state index in [1.807, 2.05) is 38.1 Å². The molecule has 1 heterocycles. The Morgan fingerprint density at radius 1 is 0.946 bits per heavy atom. The van der Waals surface area contributed by atoms with Crippen molar-refractivity contribution in [3.05, 3.63) is 94.6 Å². The number of hydrogen-bond acceptors (Lipinski definition) is 6. The highest BCUT2D eigenvalue weighted by molar-refractivity contribution is 6.39. The van der Waals surface area contributed by atoms with Crippen molar-refractivity contribution in [1.82, 2.24) is 5.32 Å². The summed E-state index contributed by atoms with van der Waals surface area (Å²) in [6.45, 7) is 4.53. The molecule has 37 heavy (non-hydrogen) atoms. The second kappa shape index (κ2) is 10.8. The number of carbonyl (C=O) groups is 4. The first kappa shape index (κ1) is 25.2. The molecule has 0 aliphatic carbocycles. The van der Waals surface area contributed by atoms with Crippen molar-refractivity contribution in [1.29, 1.82) is 0 Å². The highest BCUT2D eigenvalue weighted by atomic mass is 16.5. The molecule has 1 saturated heterocycles. The van der Waals surface area contributed by atoms with Gasteiger partial charge in [0.05, 0.1) is 17.9 Å². The Kier molecular flexibility index (Phi) is 7.34. The summed E-state index contributed by atoms with van der Waals surface area (Å²) in [7, 11) is 0. The van der Waals surface area contributed by atoms with E-state index in [1.165, 1.54) is 30.3 Å². The van der Waals surface area contributed by atoms with Crippen molar-refractivity contribution in [3.8, 4) is 11.5 Å². The molecule has 188 valence electrons. The first-order valence-electron chi connectivity index (χ1n) is 11.5. The van der Waals surface area contributed by atoms with Crippen molar-refractivity contribution in [2.24, 2.45) is 0 Å². The highest BCUT2D eigenvalue weighted by Crippen LogP contribution is 2.31. The fourth-order valence-electron chi connectivity index (χ4n) is 3.66. The van der Waals surface area contributed by atoms with Crippen molar-refractivity contribution < 1.29 is 33.8 Å². The topological polar surface area (TPSA) is 122 Å². The molecule has 2 N–H and O–H groups in total. The number of ether oxygens (including phenoxy) is 2. The molecule has 9 heteroatoms. The van der Waals surface area contributed by atoms with Crippen LogP contribution in [-0.4, -0.2) is 35.5 Å². The molecule has 1 aliphatic rings. The van der Waals surface area contributed by atoms with E-state index in [1.54, 1.807) is 18.2 Å². The second-order valence-corrected chi connectivity index (χ2v) is 8.22. The molecule has 3 aromatic carbocycles. The van der Waals surface area contributed by atoms with E-state index in [2.05, 4.69) is 5.32 Å². The van der Waals surface area contributed by atoms with Crippen LogP contribution in [-0.2, 0) is 16.2 Å². The Morgan fingerprint density at radius 2 is 1.65 bits per heavy atom. The molecule has 0 saturated carbocycles. The van der Waals surface area contributed by atoms with Crippen molar-refractivity contribution in [2.45, 2.75) is 20.5 Å². The number of carboxylic acid groups (broad SMARTS) is 1. The number of nitrogens with zero attached hydrogens (tertiary/aromatic N) is 1. The SMILES string of the molecule is CCOc1cc(/C=C2\C(=O)NC(=O)N(c3ccc(C(=O)O)cc3)C2=O)ccc1OCc1ccc(C)cc1. The summed E-state index contributed by atoms with van der Waals surface area (Å²) in [6, 6.07) is 17.2. The van der Waals surface area contributed by atoms with Crippen LogP contribution in [0.2, 0.25) is 0 Å². The van der Waals surface area contributed by atoms with Gasteiger partial charge in [-0.25, -0.2) is 14.5 Å². The Labute approximate surface area is 212 Å². The molecule has 4 amide bonds. The average Bonchev–Trinajstić information content (AvgIpc) is 2.87. The van der Waals surface area contributed by atoms with Gasteiger partial charge in [0.2, 0.25) is 0 Å². The quantitative estimate of drug-likeness (QED) is 0.349. The minimum Gasteiger partial charge on any atom is -0.490 e. The van der Waals surface area contributed by atoms with Gasteiger partial charge in [-0.05, 0) is 67.4 Å². The third-order valence-electron chi connectivity index (χ3n) is 5.57. The van der Waals surface area contributed by atoms with Gasteiger partial charge in [-0.3, -0.25) is 14.9 Å². The van der Waals surface area contributed by atoms with E-state index in [0.717, 1.165) is 16.0 Å². The Balaban J connectivity index is 1.60. The number of imide groups is 2. The minimum absolute atomic E-state index is 0.00593. The van der Waals surface area contributed by atoms with Crippen LogP contribution >= 0.6 is 0 Å². The summed E-state index contributed by atoms with van der Waals surface area (Å²) >= 11 is 0. The van der Waals surface area contributed by atoms with Gasteiger partial charge in [0.1, 0.15) is 12.2 Å². The van der Waals surface area contributed by atoms with Gasteiger partial charge < -0.3 is 14.6 Å². The summed E-state index contributed by atoms with van der Waals surface area (Å²) in [6.07, 6.45) is 1.36. The molecule has 0 atom stereocenters. The van der Waals surface area contributed by atoms with Crippen molar-refractivity contribution >= 4 is 35.6 Å². The number of aromatic carboxylic acids is 1. The molecule has 0 aromatic heterocycles. The third kappa shape index (κ3) is 5.67. The van der Waals surface area contributed by atoms with Crippen LogP contribution in [0.5, 0.6) is 11.5 Å². The van der Waals surface area contributed by atoms with Crippen LogP contribution in [0.25, 0.3) is 6.08 Å². The summed E-state index contributed by atoms with van der Waals surface area (Å²) < 4.78 is 11.6. The van der Waals surface area contributed by atoms with Crippen LogP contribution in [0, 0.1) is 6.92 Å². The lowest BCUT2D eigenvalue weighted by atomic mass is 10.1. The van der Waals surface area contributed by atoms with Gasteiger partial charge in [0.15, 0.2) is 11.5 Å². The average molecular weight is 501 g/mol. The number of hydrogen-bond donors (Lipinski definition) is 2. The van der Waals surface area contributed by atoms with Crippen LogP contribution < -0.4 is 19.7 Å². The van der Waals surface area contributed by atoms with E-state index in [0.29, 0.717) is 30.3 Å². The molecule has 0 radical (unpaired) electrons. The maximum absolute atomic E-state index is 13.1. The standard InChI is InChI=1S/C28H24N2O7/c1-3-36-24-15-19(8-13-23(24)37-16-18-6-4-17(2)5-7-18)14-22-25(31)29-28(35)30(26(22)32)21-11-9-20(10-12-21)27(33)34/h4-15H,3,16H2,1-2H3,(H,33,34)(H,29,31,35)/b22-14+. The molecular formula is C28H24N2O7. The van der Waals surface area contributed by atoms with Crippen LogP contribution in [0.3, 0.4) is 0 Å².